The summed E-state index contributed by atoms with van der Waals surface area (Å²) < 4.78 is 25.9. The summed E-state index contributed by atoms with van der Waals surface area (Å²) in [6.07, 6.45) is 3.37. The van der Waals surface area contributed by atoms with Crippen LogP contribution in [0.2, 0.25) is 0 Å². The van der Waals surface area contributed by atoms with E-state index in [1.165, 1.54) is 28.9 Å². The number of hydrogen-bond donors (Lipinski definition) is 2. The van der Waals surface area contributed by atoms with Gasteiger partial charge in [-0.25, -0.2) is 12.7 Å². The number of aromatic hydroxyl groups is 1. The molecule has 18 heavy (non-hydrogen) atoms. The van der Waals surface area contributed by atoms with Crippen molar-refractivity contribution in [3.8, 4) is 5.75 Å². The maximum atomic E-state index is 12.3. The molecule has 1 aromatic carbocycles. The van der Waals surface area contributed by atoms with E-state index in [4.69, 9.17) is 5.73 Å². The SMILES string of the molecule is CN(CC1CCC1)S(=O)(=O)c1ccc(O)c(N)c1. The zero-order valence-corrected chi connectivity index (χ0v) is 11.2. The van der Waals surface area contributed by atoms with Crippen LogP contribution < -0.4 is 5.73 Å². The third kappa shape index (κ3) is 2.44. The highest BCUT2D eigenvalue weighted by molar-refractivity contribution is 7.89. The van der Waals surface area contributed by atoms with Gasteiger partial charge in [0.1, 0.15) is 5.75 Å². The maximum absolute atomic E-state index is 12.3. The van der Waals surface area contributed by atoms with Crippen LogP contribution in [-0.2, 0) is 10.0 Å². The minimum absolute atomic E-state index is 0.0770. The molecule has 0 radical (unpaired) electrons. The first-order valence-electron chi connectivity index (χ1n) is 5.96. The number of nitrogen functional groups attached to an aromatic ring is 1. The molecule has 3 N–H and O–H groups in total. The fourth-order valence-corrected chi connectivity index (χ4v) is 3.29. The zero-order valence-electron chi connectivity index (χ0n) is 10.3. The molecule has 0 amide bonds. The van der Waals surface area contributed by atoms with Crippen molar-refractivity contribution in [2.45, 2.75) is 24.2 Å². The molecule has 1 saturated carbocycles. The minimum Gasteiger partial charge on any atom is -0.506 e. The molecule has 0 aromatic heterocycles. The number of rotatable bonds is 4. The van der Waals surface area contributed by atoms with E-state index in [0.717, 1.165) is 12.8 Å². The molecule has 6 heteroatoms. The normalized spacial score (nSPS) is 16.8. The first kappa shape index (κ1) is 13.2. The third-order valence-corrected chi connectivity index (χ3v) is 5.27. The number of anilines is 1. The Kier molecular flexibility index (Phi) is 3.49. The van der Waals surface area contributed by atoms with E-state index in [2.05, 4.69) is 0 Å². The minimum atomic E-state index is -3.51. The second kappa shape index (κ2) is 4.78. The van der Waals surface area contributed by atoms with Crippen LogP contribution in [0, 0.1) is 5.92 Å². The van der Waals surface area contributed by atoms with Crippen LogP contribution in [0.4, 0.5) is 5.69 Å². The number of sulfonamides is 1. The molecule has 1 aliphatic rings. The Labute approximate surface area is 107 Å². The van der Waals surface area contributed by atoms with Gasteiger partial charge in [0.2, 0.25) is 10.0 Å². The van der Waals surface area contributed by atoms with Crippen LogP contribution in [0.15, 0.2) is 23.1 Å². The molecule has 5 nitrogen and oxygen atoms in total. The Morgan fingerprint density at radius 2 is 2.11 bits per heavy atom. The Morgan fingerprint density at radius 1 is 1.44 bits per heavy atom. The summed E-state index contributed by atoms with van der Waals surface area (Å²) in [5.74, 6) is 0.370. The van der Waals surface area contributed by atoms with E-state index < -0.39 is 10.0 Å². The maximum Gasteiger partial charge on any atom is 0.242 e. The monoisotopic (exact) mass is 270 g/mol. The predicted octanol–water partition coefficient (Wildman–Crippen LogP) is 1.40. The molecule has 0 spiro atoms. The Hall–Kier alpha value is -1.27. The van der Waals surface area contributed by atoms with Crippen molar-refractivity contribution in [1.82, 2.24) is 4.31 Å². The molecule has 2 rings (SSSR count). The zero-order chi connectivity index (χ0) is 13.3. The lowest BCUT2D eigenvalue weighted by Crippen LogP contribution is -2.34. The number of nitrogens with two attached hydrogens (primary N) is 1. The van der Waals surface area contributed by atoms with E-state index >= 15 is 0 Å². The molecule has 0 unspecified atom stereocenters. The van der Waals surface area contributed by atoms with Gasteiger partial charge in [0, 0.05) is 13.6 Å². The van der Waals surface area contributed by atoms with Crippen molar-refractivity contribution >= 4 is 15.7 Å². The highest BCUT2D eigenvalue weighted by Gasteiger charge is 2.27. The smallest absolute Gasteiger partial charge is 0.242 e. The lowest BCUT2D eigenvalue weighted by Gasteiger charge is -2.29. The molecule has 0 aliphatic heterocycles. The molecule has 1 fully saturated rings. The predicted molar refractivity (Wildman–Crippen MR) is 69.7 cm³/mol. The Balaban J connectivity index is 2.20. The number of nitrogens with zero attached hydrogens (tertiary/aromatic N) is 1. The Morgan fingerprint density at radius 3 is 2.61 bits per heavy atom. The lowest BCUT2D eigenvalue weighted by molar-refractivity contribution is 0.263. The van der Waals surface area contributed by atoms with Gasteiger partial charge in [-0.05, 0) is 37.0 Å². The van der Waals surface area contributed by atoms with Gasteiger partial charge in [0.05, 0.1) is 10.6 Å². The summed E-state index contributed by atoms with van der Waals surface area (Å²) in [4.78, 5) is 0.125. The van der Waals surface area contributed by atoms with Crippen molar-refractivity contribution in [2.24, 2.45) is 5.92 Å². The molecule has 1 aliphatic carbocycles. The first-order chi connectivity index (χ1) is 8.41. The van der Waals surface area contributed by atoms with Gasteiger partial charge in [-0.2, -0.15) is 0 Å². The molecular weight excluding hydrogens is 252 g/mol. The van der Waals surface area contributed by atoms with E-state index in [1.807, 2.05) is 0 Å². The molecule has 1 aromatic rings. The van der Waals surface area contributed by atoms with Gasteiger partial charge in [0.25, 0.3) is 0 Å². The number of hydrogen-bond acceptors (Lipinski definition) is 4. The second-order valence-electron chi connectivity index (χ2n) is 4.80. The van der Waals surface area contributed by atoms with Crippen molar-refractivity contribution in [2.75, 3.05) is 19.3 Å². The molecule has 0 atom stereocenters. The van der Waals surface area contributed by atoms with Gasteiger partial charge in [-0.15, -0.1) is 0 Å². The van der Waals surface area contributed by atoms with Crippen LogP contribution in [0.3, 0.4) is 0 Å². The highest BCUT2D eigenvalue weighted by Crippen LogP contribution is 2.29. The van der Waals surface area contributed by atoms with Gasteiger partial charge >= 0.3 is 0 Å². The topological polar surface area (TPSA) is 83.6 Å². The standard InChI is InChI=1S/C12H18N2O3S/c1-14(8-9-3-2-4-9)18(16,17)10-5-6-12(15)11(13)7-10/h5-7,9,15H,2-4,8,13H2,1H3. The molecule has 0 bridgehead atoms. The summed E-state index contributed by atoms with van der Waals surface area (Å²) in [5.41, 5.74) is 5.60. The van der Waals surface area contributed by atoms with E-state index in [1.54, 1.807) is 7.05 Å². The van der Waals surface area contributed by atoms with E-state index in [9.17, 15) is 13.5 Å². The third-order valence-electron chi connectivity index (χ3n) is 3.45. The fraction of sp³-hybridized carbons (Fsp3) is 0.500. The van der Waals surface area contributed by atoms with Crippen molar-refractivity contribution < 1.29 is 13.5 Å². The Bertz CT molecular complexity index is 538. The van der Waals surface area contributed by atoms with Crippen LogP contribution in [-0.4, -0.2) is 31.4 Å². The van der Waals surface area contributed by atoms with Gasteiger partial charge < -0.3 is 10.8 Å². The molecule has 0 saturated heterocycles. The summed E-state index contributed by atoms with van der Waals surface area (Å²) in [6.45, 7) is 0.545. The lowest BCUT2D eigenvalue weighted by atomic mass is 9.86. The number of phenolic OH excluding ortho intramolecular Hbond substituents is 1. The summed E-state index contributed by atoms with van der Waals surface area (Å²) in [7, 11) is -1.93. The quantitative estimate of drug-likeness (QED) is 0.640. The second-order valence-corrected chi connectivity index (χ2v) is 6.85. The molecular formula is C12H18N2O3S. The summed E-state index contributed by atoms with van der Waals surface area (Å²) in [5, 5.41) is 9.31. The van der Waals surface area contributed by atoms with E-state index in [-0.39, 0.29) is 16.3 Å². The largest absolute Gasteiger partial charge is 0.506 e. The van der Waals surface area contributed by atoms with Crippen molar-refractivity contribution in [3.63, 3.8) is 0 Å². The fourth-order valence-electron chi connectivity index (χ4n) is 2.01. The van der Waals surface area contributed by atoms with Gasteiger partial charge in [-0.1, -0.05) is 6.42 Å². The van der Waals surface area contributed by atoms with E-state index in [0.29, 0.717) is 12.5 Å². The average Bonchev–Trinajstić information content (AvgIpc) is 2.26. The molecule has 0 heterocycles. The van der Waals surface area contributed by atoms with Crippen LogP contribution in [0.5, 0.6) is 5.75 Å². The molecule has 100 valence electrons. The summed E-state index contributed by atoms with van der Waals surface area (Å²) in [6, 6.07) is 3.97. The van der Waals surface area contributed by atoms with Gasteiger partial charge in [-0.3, -0.25) is 0 Å². The highest BCUT2D eigenvalue weighted by atomic mass is 32.2. The number of phenols is 1. The van der Waals surface area contributed by atoms with Crippen LogP contribution in [0.1, 0.15) is 19.3 Å². The van der Waals surface area contributed by atoms with Crippen LogP contribution >= 0.6 is 0 Å². The average molecular weight is 270 g/mol. The first-order valence-corrected chi connectivity index (χ1v) is 7.40. The van der Waals surface area contributed by atoms with Crippen molar-refractivity contribution in [3.05, 3.63) is 18.2 Å². The van der Waals surface area contributed by atoms with Gasteiger partial charge in [0.15, 0.2) is 0 Å². The summed E-state index contributed by atoms with van der Waals surface area (Å²) >= 11 is 0. The van der Waals surface area contributed by atoms with Crippen molar-refractivity contribution in [1.29, 1.82) is 0 Å². The van der Waals surface area contributed by atoms with Crippen LogP contribution in [0.25, 0.3) is 0 Å². The number of benzene rings is 1.